The lowest BCUT2D eigenvalue weighted by Crippen LogP contribution is -2.52. The summed E-state index contributed by atoms with van der Waals surface area (Å²) in [5, 5.41) is 0. The highest BCUT2D eigenvalue weighted by Gasteiger charge is 2.27. The minimum Gasteiger partial charge on any atom is -0.490 e. The quantitative estimate of drug-likeness (QED) is 0.803. The molecule has 128 valence electrons. The first kappa shape index (κ1) is 17.7. The van der Waals surface area contributed by atoms with Crippen LogP contribution in [0.1, 0.15) is 24.2 Å². The predicted octanol–water partition coefficient (Wildman–Crippen LogP) is 2.02. The minimum atomic E-state index is -0.495. The van der Waals surface area contributed by atoms with E-state index in [0.717, 1.165) is 13.1 Å². The van der Waals surface area contributed by atoms with Crippen LogP contribution in [0.2, 0.25) is 0 Å². The summed E-state index contributed by atoms with van der Waals surface area (Å²) >= 11 is 0. The van der Waals surface area contributed by atoms with E-state index in [1.807, 2.05) is 0 Å². The van der Waals surface area contributed by atoms with Crippen molar-refractivity contribution < 1.29 is 18.7 Å². The molecule has 1 aromatic rings. The molecule has 0 unspecified atom stereocenters. The second-order valence-electron chi connectivity index (χ2n) is 5.68. The summed E-state index contributed by atoms with van der Waals surface area (Å²) in [6.45, 7) is 7.70. The highest BCUT2D eigenvalue weighted by Crippen LogP contribution is 2.24. The van der Waals surface area contributed by atoms with Gasteiger partial charge in [0.2, 0.25) is 0 Å². The third kappa shape index (κ3) is 4.20. The molecule has 0 aliphatic carbocycles. The molecule has 1 atom stereocenters. The number of methoxy groups -OCH3 is 1. The van der Waals surface area contributed by atoms with E-state index < -0.39 is 5.82 Å². The van der Waals surface area contributed by atoms with Crippen LogP contribution in [0.4, 0.5) is 4.39 Å². The maximum atomic E-state index is 13.9. The number of ether oxygens (including phenoxy) is 2. The van der Waals surface area contributed by atoms with Crippen LogP contribution in [0.15, 0.2) is 18.2 Å². The molecule has 1 aliphatic rings. The van der Waals surface area contributed by atoms with Gasteiger partial charge in [-0.2, -0.15) is 0 Å². The fourth-order valence-electron chi connectivity index (χ4n) is 2.85. The lowest BCUT2D eigenvalue weighted by Gasteiger charge is -2.38. The predicted molar refractivity (Wildman–Crippen MR) is 86.4 cm³/mol. The second-order valence-corrected chi connectivity index (χ2v) is 5.68. The Labute approximate surface area is 137 Å². The zero-order valence-corrected chi connectivity index (χ0v) is 14.0. The minimum absolute atomic E-state index is 0.0511. The Morgan fingerprint density at radius 1 is 1.30 bits per heavy atom. The molecule has 5 nitrogen and oxygen atoms in total. The zero-order chi connectivity index (χ0) is 16.8. The normalized spacial score (nSPS) is 17.1. The summed E-state index contributed by atoms with van der Waals surface area (Å²) in [6.07, 6.45) is 0. The molecule has 2 rings (SSSR count). The molecule has 1 fully saturated rings. The summed E-state index contributed by atoms with van der Waals surface area (Å²) in [5.74, 6) is -0.618. The van der Waals surface area contributed by atoms with E-state index in [0.29, 0.717) is 37.9 Å². The Kier molecular flexibility index (Phi) is 6.36. The summed E-state index contributed by atoms with van der Waals surface area (Å²) < 4.78 is 24.4. The van der Waals surface area contributed by atoms with Crippen molar-refractivity contribution >= 4 is 5.91 Å². The van der Waals surface area contributed by atoms with Gasteiger partial charge in [-0.25, -0.2) is 4.39 Å². The zero-order valence-electron chi connectivity index (χ0n) is 14.0. The molecule has 1 heterocycles. The molecule has 0 saturated carbocycles. The van der Waals surface area contributed by atoms with Crippen molar-refractivity contribution in [3.63, 3.8) is 0 Å². The van der Waals surface area contributed by atoms with Crippen molar-refractivity contribution in [3.8, 4) is 5.75 Å². The molecule has 1 amide bonds. The number of amides is 1. The van der Waals surface area contributed by atoms with Crippen LogP contribution in [-0.2, 0) is 4.74 Å². The lowest BCUT2D eigenvalue weighted by molar-refractivity contribution is 0.0446. The van der Waals surface area contributed by atoms with E-state index in [4.69, 9.17) is 9.47 Å². The van der Waals surface area contributed by atoms with Crippen molar-refractivity contribution in [2.45, 2.75) is 19.9 Å². The third-order valence-electron chi connectivity index (χ3n) is 4.12. The fraction of sp³-hybridized carbons (Fsp3) is 0.588. The fourth-order valence-corrected chi connectivity index (χ4v) is 2.85. The van der Waals surface area contributed by atoms with E-state index in [1.54, 1.807) is 31.1 Å². The number of rotatable bonds is 6. The van der Waals surface area contributed by atoms with Gasteiger partial charge in [0, 0.05) is 39.3 Å². The second kappa shape index (κ2) is 8.26. The molecule has 0 radical (unpaired) electrons. The number of piperazine rings is 1. The number of carbonyl (C=O) groups excluding carboxylic acids is 1. The van der Waals surface area contributed by atoms with Crippen molar-refractivity contribution in [2.24, 2.45) is 0 Å². The Hall–Kier alpha value is -1.66. The average Bonchev–Trinajstić information content (AvgIpc) is 2.56. The van der Waals surface area contributed by atoms with Gasteiger partial charge in [0.05, 0.1) is 18.8 Å². The van der Waals surface area contributed by atoms with Gasteiger partial charge < -0.3 is 14.4 Å². The Bertz CT molecular complexity index is 531. The smallest absolute Gasteiger partial charge is 0.257 e. The molecule has 23 heavy (non-hydrogen) atoms. The number of benzene rings is 1. The average molecular weight is 324 g/mol. The highest BCUT2D eigenvalue weighted by atomic mass is 19.1. The summed E-state index contributed by atoms with van der Waals surface area (Å²) in [6, 6.07) is 4.80. The molecule has 1 aromatic carbocycles. The molecule has 0 aromatic heterocycles. The maximum Gasteiger partial charge on any atom is 0.257 e. The standard InChI is InChI=1S/C17H25FN2O3/c1-4-23-16-14(6-5-7-15(16)18)17(21)20-10-8-19(9-11-20)13(2)12-22-3/h5-7,13H,4,8-12H2,1-3H3/t13-/m0/s1. The van der Waals surface area contributed by atoms with E-state index >= 15 is 0 Å². The van der Waals surface area contributed by atoms with E-state index in [-0.39, 0.29) is 11.7 Å². The van der Waals surface area contributed by atoms with Crippen LogP contribution in [0, 0.1) is 5.82 Å². The summed E-state index contributed by atoms with van der Waals surface area (Å²) in [7, 11) is 1.69. The molecule has 0 bridgehead atoms. The highest BCUT2D eigenvalue weighted by molar-refractivity contribution is 5.97. The maximum absolute atomic E-state index is 13.9. The molecule has 6 heteroatoms. The molecular weight excluding hydrogens is 299 g/mol. The number of nitrogens with zero attached hydrogens (tertiary/aromatic N) is 2. The molecular formula is C17H25FN2O3. The Morgan fingerprint density at radius 2 is 2.00 bits per heavy atom. The first-order valence-corrected chi connectivity index (χ1v) is 8.02. The lowest BCUT2D eigenvalue weighted by atomic mass is 10.1. The molecule has 1 aliphatic heterocycles. The van der Waals surface area contributed by atoms with E-state index in [9.17, 15) is 9.18 Å². The van der Waals surface area contributed by atoms with Crippen LogP contribution in [-0.4, -0.2) is 68.3 Å². The number of hydrogen-bond donors (Lipinski definition) is 0. The number of carbonyl (C=O) groups is 1. The van der Waals surface area contributed by atoms with Gasteiger partial charge in [-0.15, -0.1) is 0 Å². The van der Waals surface area contributed by atoms with Crippen LogP contribution in [0.25, 0.3) is 0 Å². The topological polar surface area (TPSA) is 42.0 Å². The Balaban J connectivity index is 2.04. The largest absolute Gasteiger partial charge is 0.490 e. The van der Waals surface area contributed by atoms with Crippen LogP contribution >= 0.6 is 0 Å². The summed E-state index contributed by atoms with van der Waals surface area (Å²) in [5.41, 5.74) is 0.297. The van der Waals surface area contributed by atoms with Crippen LogP contribution in [0.5, 0.6) is 5.75 Å². The number of hydrogen-bond acceptors (Lipinski definition) is 4. The van der Waals surface area contributed by atoms with Crippen molar-refractivity contribution in [1.29, 1.82) is 0 Å². The first-order valence-electron chi connectivity index (χ1n) is 8.02. The van der Waals surface area contributed by atoms with E-state index in [1.165, 1.54) is 6.07 Å². The first-order chi connectivity index (χ1) is 11.1. The Morgan fingerprint density at radius 3 is 2.61 bits per heavy atom. The van der Waals surface area contributed by atoms with Gasteiger partial charge in [-0.3, -0.25) is 9.69 Å². The van der Waals surface area contributed by atoms with Gasteiger partial charge >= 0.3 is 0 Å². The van der Waals surface area contributed by atoms with Crippen molar-refractivity contribution in [1.82, 2.24) is 9.80 Å². The van der Waals surface area contributed by atoms with Gasteiger partial charge in [0.1, 0.15) is 0 Å². The van der Waals surface area contributed by atoms with Gasteiger partial charge in [-0.1, -0.05) is 6.07 Å². The number of halogens is 1. The van der Waals surface area contributed by atoms with Crippen LogP contribution < -0.4 is 4.74 Å². The molecule has 0 N–H and O–H groups in total. The number of para-hydroxylation sites is 1. The summed E-state index contributed by atoms with van der Waals surface area (Å²) in [4.78, 5) is 16.7. The van der Waals surface area contributed by atoms with Gasteiger partial charge in [0.25, 0.3) is 5.91 Å². The van der Waals surface area contributed by atoms with Crippen molar-refractivity contribution in [3.05, 3.63) is 29.6 Å². The van der Waals surface area contributed by atoms with E-state index in [2.05, 4.69) is 11.8 Å². The van der Waals surface area contributed by atoms with Gasteiger partial charge in [-0.05, 0) is 26.0 Å². The van der Waals surface area contributed by atoms with Crippen molar-refractivity contribution in [2.75, 3.05) is 46.5 Å². The van der Waals surface area contributed by atoms with Gasteiger partial charge in [0.15, 0.2) is 11.6 Å². The third-order valence-corrected chi connectivity index (χ3v) is 4.12. The SMILES string of the molecule is CCOc1c(F)cccc1C(=O)N1CCN([C@@H](C)COC)CC1. The molecule has 0 spiro atoms. The van der Waals surface area contributed by atoms with Crippen LogP contribution in [0.3, 0.4) is 0 Å². The monoisotopic (exact) mass is 324 g/mol. The molecule has 1 saturated heterocycles.